The molecule has 1 saturated heterocycles. The fourth-order valence-electron chi connectivity index (χ4n) is 3.31. The number of aliphatic hydroxyl groups excluding tert-OH is 1. The monoisotopic (exact) mass is 326 g/mol. The summed E-state index contributed by atoms with van der Waals surface area (Å²) < 4.78 is 5.30. The number of benzene rings is 2. The van der Waals surface area contributed by atoms with E-state index < -0.39 is 5.91 Å². The maximum atomic E-state index is 11.4. The molecule has 5 nitrogen and oxygen atoms in total. The number of nitrogens with two attached hydrogens (primary N) is 1. The molecule has 1 aliphatic rings. The van der Waals surface area contributed by atoms with E-state index in [0.29, 0.717) is 25.1 Å². The fourth-order valence-corrected chi connectivity index (χ4v) is 3.31. The van der Waals surface area contributed by atoms with Crippen molar-refractivity contribution in [2.45, 2.75) is 25.1 Å². The van der Waals surface area contributed by atoms with Crippen LogP contribution in [0.2, 0.25) is 0 Å². The Balaban J connectivity index is 1.83. The summed E-state index contributed by atoms with van der Waals surface area (Å²) in [4.78, 5) is 13.6. The van der Waals surface area contributed by atoms with E-state index in [9.17, 15) is 9.90 Å². The quantitative estimate of drug-likeness (QED) is 0.882. The summed E-state index contributed by atoms with van der Waals surface area (Å²) in [6.07, 6.45) is 0.323. The molecule has 0 radical (unpaired) electrons. The summed E-state index contributed by atoms with van der Waals surface area (Å²) in [5.74, 6) is 0.382. The second-order valence-electron chi connectivity index (χ2n) is 6.18. The lowest BCUT2D eigenvalue weighted by molar-refractivity contribution is 0.1000. The number of primary amides is 1. The second kappa shape index (κ2) is 7.03. The van der Waals surface area contributed by atoms with Gasteiger partial charge in [0.15, 0.2) is 0 Å². The van der Waals surface area contributed by atoms with Crippen LogP contribution in [0.15, 0.2) is 48.5 Å². The van der Waals surface area contributed by atoms with E-state index in [1.165, 1.54) is 0 Å². The Morgan fingerprint density at radius 3 is 2.83 bits per heavy atom. The molecule has 0 aliphatic carbocycles. The summed E-state index contributed by atoms with van der Waals surface area (Å²) in [7, 11) is 1.65. The predicted molar refractivity (Wildman–Crippen MR) is 91.7 cm³/mol. The van der Waals surface area contributed by atoms with Crippen molar-refractivity contribution in [2.24, 2.45) is 5.73 Å². The molecular formula is C19H22N2O3. The largest absolute Gasteiger partial charge is 0.497 e. The normalized spacial score (nSPS) is 20.9. The van der Waals surface area contributed by atoms with Crippen LogP contribution in [0.25, 0.3) is 0 Å². The lowest BCUT2D eigenvalue weighted by atomic mass is 10.0. The average Bonchev–Trinajstić information content (AvgIpc) is 2.95. The Bertz CT molecular complexity index is 732. The first-order valence-electron chi connectivity index (χ1n) is 8.01. The van der Waals surface area contributed by atoms with Crippen molar-refractivity contribution >= 4 is 5.91 Å². The molecule has 0 unspecified atom stereocenters. The number of amides is 1. The number of β-amino-alcohol motifs (C(OH)–C–C–N with tert-alkyl or cyclic N) is 1. The topological polar surface area (TPSA) is 75.8 Å². The summed E-state index contributed by atoms with van der Waals surface area (Å²) in [6, 6.07) is 15.4. The molecule has 2 aromatic carbocycles. The predicted octanol–water partition coefficient (Wildman–Crippen LogP) is 2.10. The molecule has 5 heteroatoms. The minimum absolute atomic E-state index is 0.118. The third kappa shape index (κ3) is 3.58. The van der Waals surface area contributed by atoms with E-state index in [1.54, 1.807) is 13.2 Å². The zero-order valence-corrected chi connectivity index (χ0v) is 13.7. The zero-order valence-electron chi connectivity index (χ0n) is 13.7. The first-order chi connectivity index (χ1) is 11.6. The molecule has 2 aromatic rings. The van der Waals surface area contributed by atoms with Crippen LogP contribution in [-0.4, -0.2) is 35.7 Å². The highest BCUT2D eigenvalue weighted by Gasteiger charge is 2.32. The molecule has 3 N–H and O–H groups in total. The van der Waals surface area contributed by atoms with Gasteiger partial charge in [0.05, 0.1) is 13.2 Å². The minimum atomic E-state index is -0.428. The van der Waals surface area contributed by atoms with Crippen molar-refractivity contribution in [1.29, 1.82) is 0 Å². The van der Waals surface area contributed by atoms with Crippen molar-refractivity contribution in [2.75, 3.05) is 13.7 Å². The molecule has 126 valence electrons. The minimum Gasteiger partial charge on any atom is -0.497 e. The molecule has 24 heavy (non-hydrogen) atoms. The number of hydrogen-bond acceptors (Lipinski definition) is 4. The van der Waals surface area contributed by atoms with Gasteiger partial charge in [-0.25, -0.2) is 0 Å². The standard InChI is InChI=1S/C19H22N2O3/c1-24-17-7-3-5-14(9-17)18-10-16(22)12-21(18)11-13-4-2-6-15(8-13)19(20)23/h2-9,16,18,22H,10-12H2,1H3,(H2,20,23)/t16-,18+/m0/s1. The van der Waals surface area contributed by atoms with Gasteiger partial charge >= 0.3 is 0 Å². The molecule has 0 aromatic heterocycles. The summed E-state index contributed by atoms with van der Waals surface area (Å²) in [5.41, 5.74) is 7.99. The number of rotatable bonds is 5. The third-order valence-electron chi connectivity index (χ3n) is 4.46. The Hall–Kier alpha value is -2.37. The van der Waals surface area contributed by atoms with E-state index in [2.05, 4.69) is 11.0 Å². The smallest absolute Gasteiger partial charge is 0.248 e. The van der Waals surface area contributed by atoms with E-state index >= 15 is 0 Å². The molecule has 1 heterocycles. The molecule has 2 atom stereocenters. The molecule has 1 fully saturated rings. The molecule has 1 aliphatic heterocycles. The lowest BCUT2D eigenvalue weighted by Gasteiger charge is -2.25. The van der Waals surface area contributed by atoms with Crippen LogP contribution in [0, 0.1) is 0 Å². The van der Waals surface area contributed by atoms with Gasteiger partial charge in [-0.3, -0.25) is 9.69 Å². The van der Waals surface area contributed by atoms with E-state index in [4.69, 9.17) is 10.5 Å². The van der Waals surface area contributed by atoms with Gasteiger partial charge in [0.25, 0.3) is 0 Å². The van der Waals surface area contributed by atoms with Crippen LogP contribution < -0.4 is 10.5 Å². The number of aliphatic hydroxyl groups is 1. The van der Waals surface area contributed by atoms with Crippen molar-refractivity contribution < 1.29 is 14.6 Å². The molecule has 1 amide bonds. The maximum absolute atomic E-state index is 11.4. The molecule has 3 rings (SSSR count). The van der Waals surface area contributed by atoms with Crippen LogP contribution in [0.5, 0.6) is 5.75 Å². The Morgan fingerprint density at radius 2 is 2.08 bits per heavy atom. The highest BCUT2D eigenvalue weighted by Crippen LogP contribution is 2.34. The highest BCUT2D eigenvalue weighted by atomic mass is 16.5. The van der Waals surface area contributed by atoms with Gasteiger partial charge in [-0.1, -0.05) is 24.3 Å². The van der Waals surface area contributed by atoms with Crippen molar-refractivity contribution in [3.05, 3.63) is 65.2 Å². The first kappa shape index (κ1) is 16.5. The number of carbonyl (C=O) groups excluding carboxylic acids is 1. The zero-order chi connectivity index (χ0) is 17.1. The van der Waals surface area contributed by atoms with Gasteiger partial charge < -0.3 is 15.6 Å². The van der Waals surface area contributed by atoms with Crippen molar-refractivity contribution in [3.8, 4) is 5.75 Å². The Labute approximate surface area is 141 Å². The van der Waals surface area contributed by atoms with Gasteiger partial charge in [0, 0.05) is 24.7 Å². The van der Waals surface area contributed by atoms with E-state index in [0.717, 1.165) is 16.9 Å². The first-order valence-corrected chi connectivity index (χ1v) is 8.01. The summed E-state index contributed by atoms with van der Waals surface area (Å²) in [5, 5.41) is 10.1. The Kier molecular flexibility index (Phi) is 4.83. The number of ether oxygens (including phenoxy) is 1. The fraction of sp³-hybridized carbons (Fsp3) is 0.316. The van der Waals surface area contributed by atoms with Crippen molar-refractivity contribution in [1.82, 2.24) is 4.90 Å². The molecule has 0 bridgehead atoms. The SMILES string of the molecule is COc1cccc([C@H]2C[C@H](O)CN2Cc2cccc(C(N)=O)c2)c1. The van der Waals surface area contributed by atoms with Crippen LogP contribution in [0.1, 0.15) is 33.9 Å². The summed E-state index contributed by atoms with van der Waals surface area (Å²) >= 11 is 0. The van der Waals surface area contributed by atoms with Crippen LogP contribution in [0.3, 0.4) is 0 Å². The van der Waals surface area contributed by atoms with Gasteiger partial charge in [0.2, 0.25) is 5.91 Å². The number of carbonyl (C=O) groups is 1. The van der Waals surface area contributed by atoms with Crippen molar-refractivity contribution in [3.63, 3.8) is 0 Å². The number of likely N-dealkylation sites (tertiary alicyclic amines) is 1. The Morgan fingerprint density at radius 1 is 1.29 bits per heavy atom. The van der Waals surface area contributed by atoms with Crippen LogP contribution in [0.4, 0.5) is 0 Å². The van der Waals surface area contributed by atoms with Crippen LogP contribution in [-0.2, 0) is 6.54 Å². The molecule has 0 spiro atoms. The third-order valence-corrected chi connectivity index (χ3v) is 4.46. The number of hydrogen-bond donors (Lipinski definition) is 2. The van der Waals surface area contributed by atoms with Gasteiger partial charge in [-0.05, 0) is 41.8 Å². The highest BCUT2D eigenvalue weighted by molar-refractivity contribution is 5.92. The molecular weight excluding hydrogens is 304 g/mol. The second-order valence-corrected chi connectivity index (χ2v) is 6.18. The van der Waals surface area contributed by atoms with Gasteiger partial charge in [-0.15, -0.1) is 0 Å². The van der Waals surface area contributed by atoms with E-state index in [1.807, 2.05) is 36.4 Å². The van der Waals surface area contributed by atoms with Gasteiger partial charge in [0.1, 0.15) is 5.75 Å². The molecule has 0 saturated carbocycles. The van der Waals surface area contributed by atoms with Gasteiger partial charge in [-0.2, -0.15) is 0 Å². The van der Waals surface area contributed by atoms with Crippen LogP contribution >= 0.6 is 0 Å². The summed E-state index contributed by atoms with van der Waals surface area (Å²) in [6.45, 7) is 1.25. The van der Waals surface area contributed by atoms with E-state index in [-0.39, 0.29) is 12.1 Å². The number of methoxy groups -OCH3 is 1. The number of nitrogens with zero attached hydrogens (tertiary/aromatic N) is 1. The maximum Gasteiger partial charge on any atom is 0.248 e. The lowest BCUT2D eigenvalue weighted by Crippen LogP contribution is -2.24. The average molecular weight is 326 g/mol.